The van der Waals surface area contributed by atoms with Crippen molar-refractivity contribution in [1.29, 1.82) is 0 Å². The summed E-state index contributed by atoms with van der Waals surface area (Å²) in [6.45, 7) is 2.55. The minimum absolute atomic E-state index is 0.0240. The second-order valence-corrected chi connectivity index (χ2v) is 8.24. The second kappa shape index (κ2) is 8.35. The molecule has 2 saturated heterocycles. The van der Waals surface area contributed by atoms with E-state index in [1.807, 2.05) is 78.6 Å². The van der Waals surface area contributed by atoms with Crippen LogP contribution in [0.3, 0.4) is 0 Å². The largest absolute Gasteiger partial charge is 0.494 e. The number of fused-ring (bicyclic) bond motifs is 1. The van der Waals surface area contributed by atoms with E-state index in [4.69, 9.17) is 16.3 Å². The molecule has 4 atom stereocenters. The Morgan fingerprint density at radius 1 is 0.903 bits per heavy atom. The molecular formula is C25H24ClN3O2. The molecule has 5 nitrogen and oxygen atoms in total. The molecule has 2 fully saturated rings. The van der Waals surface area contributed by atoms with Crippen LogP contribution >= 0.6 is 11.6 Å². The van der Waals surface area contributed by atoms with Crippen molar-refractivity contribution in [2.24, 2.45) is 5.92 Å². The highest BCUT2D eigenvalue weighted by atomic mass is 35.5. The van der Waals surface area contributed by atoms with E-state index < -0.39 is 0 Å². The molecule has 2 N–H and O–H groups in total. The number of carbonyl (C=O) groups is 1. The summed E-state index contributed by atoms with van der Waals surface area (Å²) in [5.41, 5.74) is 9.54. The van der Waals surface area contributed by atoms with E-state index in [1.165, 1.54) is 0 Å². The van der Waals surface area contributed by atoms with Gasteiger partial charge in [-0.1, -0.05) is 60.1 Å². The van der Waals surface area contributed by atoms with E-state index in [9.17, 15) is 4.79 Å². The number of hydrogen-bond acceptors (Lipinski definition) is 4. The molecule has 3 aromatic rings. The van der Waals surface area contributed by atoms with Gasteiger partial charge in [0.2, 0.25) is 5.91 Å². The Hall–Kier alpha value is -2.86. The molecule has 4 unspecified atom stereocenters. The number of hydrazine groups is 1. The molecule has 0 spiro atoms. The highest BCUT2D eigenvalue weighted by Gasteiger charge is 2.56. The van der Waals surface area contributed by atoms with Crippen molar-refractivity contribution >= 4 is 23.2 Å². The number of nitrogens with one attached hydrogen (secondary N) is 2. The zero-order valence-electron chi connectivity index (χ0n) is 17.2. The summed E-state index contributed by atoms with van der Waals surface area (Å²) in [6, 6.07) is 25.1. The molecular weight excluding hydrogens is 410 g/mol. The van der Waals surface area contributed by atoms with Crippen molar-refractivity contribution in [2.75, 3.05) is 11.5 Å². The third-order valence-corrected chi connectivity index (χ3v) is 6.46. The molecule has 0 aliphatic carbocycles. The Kier molecular flexibility index (Phi) is 5.40. The molecule has 0 bridgehead atoms. The standard InChI is InChI=1S/C25H24ClN3O2/c1-2-31-18-14-12-17(13-15-18)29-24(19-10-6-7-11-20(19)26)21-22(16-8-4-3-5-9-16)27-28-23(21)25(29)30/h3-15,21-24,27-28H,2H2,1H3. The normalized spacial score (nSPS) is 25.0. The van der Waals surface area contributed by atoms with Crippen molar-refractivity contribution in [1.82, 2.24) is 10.9 Å². The summed E-state index contributed by atoms with van der Waals surface area (Å²) in [5.74, 6) is 0.792. The first kappa shape index (κ1) is 20.1. The molecule has 0 radical (unpaired) electrons. The fourth-order valence-electron chi connectivity index (χ4n) is 4.80. The molecule has 5 rings (SSSR count). The number of rotatable bonds is 5. The first-order valence-corrected chi connectivity index (χ1v) is 10.9. The molecule has 0 saturated carbocycles. The summed E-state index contributed by atoms with van der Waals surface area (Å²) in [5, 5.41) is 0.663. The fourth-order valence-corrected chi connectivity index (χ4v) is 5.05. The van der Waals surface area contributed by atoms with Gasteiger partial charge < -0.3 is 9.64 Å². The SMILES string of the molecule is CCOc1ccc(N2C(=O)C3NNC(c4ccccc4)C3C2c2ccccc2Cl)cc1. The second-order valence-electron chi connectivity index (χ2n) is 7.83. The van der Waals surface area contributed by atoms with Gasteiger partial charge in [-0.15, -0.1) is 0 Å². The Morgan fingerprint density at radius 3 is 2.29 bits per heavy atom. The molecule has 31 heavy (non-hydrogen) atoms. The summed E-state index contributed by atoms with van der Waals surface area (Å²) >= 11 is 6.66. The number of hydrogen-bond donors (Lipinski definition) is 2. The van der Waals surface area contributed by atoms with E-state index in [2.05, 4.69) is 23.0 Å². The van der Waals surface area contributed by atoms with Crippen molar-refractivity contribution in [3.05, 3.63) is 95.0 Å². The zero-order valence-corrected chi connectivity index (χ0v) is 17.9. The number of ether oxygens (including phenoxy) is 1. The monoisotopic (exact) mass is 433 g/mol. The minimum atomic E-state index is -0.349. The molecule has 3 aromatic carbocycles. The Labute approximate surface area is 186 Å². The van der Waals surface area contributed by atoms with Crippen LogP contribution in [0.2, 0.25) is 5.02 Å². The van der Waals surface area contributed by atoms with Crippen LogP contribution in [0.4, 0.5) is 5.69 Å². The summed E-state index contributed by atoms with van der Waals surface area (Å²) in [7, 11) is 0. The van der Waals surface area contributed by atoms with Gasteiger partial charge in [-0.25, -0.2) is 10.9 Å². The van der Waals surface area contributed by atoms with Crippen molar-refractivity contribution in [2.45, 2.75) is 25.0 Å². The Morgan fingerprint density at radius 2 is 1.58 bits per heavy atom. The number of nitrogens with zero attached hydrogens (tertiary/aromatic N) is 1. The molecule has 158 valence electrons. The lowest BCUT2D eigenvalue weighted by atomic mass is 9.83. The molecule has 1 amide bonds. The number of carbonyl (C=O) groups excluding carboxylic acids is 1. The van der Waals surface area contributed by atoms with E-state index >= 15 is 0 Å². The maximum Gasteiger partial charge on any atom is 0.246 e. The van der Waals surface area contributed by atoms with Crippen molar-refractivity contribution < 1.29 is 9.53 Å². The van der Waals surface area contributed by atoms with Gasteiger partial charge in [0, 0.05) is 16.6 Å². The maximum atomic E-state index is 13.6. The van der Waals surface area contributed by atoms with Crippen LogP contribution in [0, 0.1) is 5.92 Å². The lowest BCUT2D eigenvalue weighted by molar-refractivity contribution is -0.119. The third kappa shape index (κ3) is 3.49. The van der Waals surface area contributed by atoms with Gasteiger partial charge in [0.1, 0.15) is 11.8 Å². The summed E-state index contributed by atoms with van der Waals surface area (Å²) in [4.78, 5) is 15.5. The predicted molar refractivity (Wildman–Crippen MR) is 122 cm³/mol. The van der Waals surface area contributed by atoms with Gasteiger partial charge >= 0.3 is 0 Å². The number of amides is 1. The Balaban J connectivity index is 1.61. The molecule has 6 heteroatoms. The third-order valence-electron chi connectivity index (χ3n) is 6.12. The first-order valence-electron chi connectivity index (χ1n) is 10.6. The van der Waals surface area contributed by atoms with E-state index in [0.29, 0.717) is 11.6 Å². The van der Waals surface area contributed by atoms with Crippen LogP contribution in [-0.2, 0) is 4.79 Å². The van der Waals surface area contributed by atoms with E-state index in [0.717, 1.165) is 22.6 Å². The smallest absolute Gasteiger partial charge is 0.246 e. The maximum absolute atomic E-state index is 13.6. The van der Waals surface area contributed by atoms with Gasteiger partial charge in [0.15, 0.2) is 0 Å². The average Bonchev–Trinajstić information content (AvgIpc) is 3.35. The number of halogens is 1. The molecule has 2 aliphatic heterocycles. The Bertz CT molecular complexity index is 1070. The molecule has 0 aromatic heterocycles. The zero-order chi connectivity index (χ0) is 21.4. The quantitative estimate of drug-likeness (QED) is 0.614. The molecule has 2 heterocycles. The van der Waals surface area contributed by atoms with Gasteiger partial charge in [-0.3, -0.25) is 4.79 Å². The minimum Gasteiger partial charge on any atom is -0.494 e. The average molecular weight is 434 g/mol. The number of anilines is 1. The van der Waals surface area contributed by atoms with Crippen LogP contribution in [0.15, 0.2) is 78.9 Å². The van der Waals surface area contributed by atoms with Gasteiger partial charge in [-0.2, -0.15) is 0 Å². The topological polar surface area (TPSA) is 53.6 Å². The van der Waals surface area contributed by atoms with E-state index in [1.54, 1.807) is 0 Å². The first-order chi connectivity index (χ1) is 15.2. The van der Waals surface area contributed by atoms with Gasteiger partial charge in [0.05, 0.1) is 18.7 Å². The van der Waals surface area contributed by atoms with Crippen LogP contribution in [0.25, 0.3) is 0 Å². The van der Waals surface area contributed by atoms with Crippen LogP contribution < -0.4 is 20.5 Å². The van der Waals surface area contributed by atoms with Crippen molar-refractivity contribution in [3.8, 4) is 5.75 Å². The molecule has 2 aliphatic rings. The lowest BCUT2D eigenvalue weighted by Crippen LogP contribution is -2.41. The predicted octanol–water partition coefficient (Wildman–Crippen LogP) is 4.66. The van der Waals surface area contributed by atoms with E-state index in [-0.39, 0.29) is 30.0 Å². The van der Waals surface area contributed by atoms with Gasteiger partial charge in [-0.05, 0) is 48.4 Å². The van der Waals surface area contributed by atoms with Crippen LogP contribution in [-0.4, -0.2) is 18.6 Å². The number of benzene rings is 3. The van der Waals surface area contributed by atoms with Gasteiger partial charge in [0.25, 0.3) is 0 Å². The van der Waals surface area contributed by atoms with Crippen LogP contribution in [0.5, 0.6) is 5.75 Å². The fraction of sp³-hybridized carbons (Fsp3) is 0.240. The highest BCUT2D eigenvalue weighted by molar-refractivity contribution is 6.31. The highest BCUT2D eigenvalue weighted by Crippen LogP contribution is 2.50. The van der Waals surface area contributed by atoms with Crippen molar-refractivity contribution in [3.63, 3.8) is 0 Å². The lowest BCUT2D eigenvalue weighted by Gasteiger charge is -2.32. The summed E-state index contributed by atoms with van der Waals surface area (Å²) in [6.07, 6.45) is 0. The summed E-state index contributed by atoms with van der Waals surface area (Å²) < 4.78 is 5.58. The van der Waals surface area contributed by atoms with Crippen LogP contribution in [0.1, 0.15) is 30.1 Å².